The monoisotopic (exact) mass is 455 g/mol. The van der Waals surface area contributed by atoms with Gasteiger partial charge >= 0.3 is 0 Å². The number of hydrogen-bond donors (Lipinski definition) is 0. The van der Waals surface area contributed by atoms with E-state index in [4.69, 9.17) is 16.3 Å². The summed E-state index contributed by atoms with van der Waals surface area (Å²) in [7, 11) is 0. The summed E-state index contributed by atoms with van der Waals surface area (Å²) in [5, 5.41) is -0.0600. The molecule has 7 heteroatoms. The van der Waals surface area contributed by atoms with Gasteiger partial charge in [0, 0.05) is 5.02 Å². The van der Waals surface area contributed by atoms with Crippen LogP contribution in [0.15, 0.2) is 72.8 Å². The topological polar surface area (TPSA) is 46.6 Å². The van der Waals surface area contributed by atoms with Gasteiger partial charge in [-0.1, -0.05) is 59.8 Å². The number of halogens is 2. The normalized spacial score (nSPS) is 16.1. The third-order valence-electron chi connectivity index (χ3n) is 4.92. The Morgan fingerprint density at radius 1 is 0.871 bits per heavy atom. The Morgan fingerprint density at radius 3 is 2.16 bits per heavy atom. The maximum atomic E-state index is 13.0. The number of nitrogens with zero attached hydrogens (tertiary/aromatic N) is 1. The fraction of sp³-hybridized carbons (Fsp3) is 0.167. The molecule has 1 fully saturated rings. The molecule has 4 rings (SSSR count). The van der Waals surface area contributed by atoms with Crippen molar-refractivity contribution in [2.24, 2.45) is 0 Å². The Bertz CT molecular complexity index is 1070. The Labute approximate surface area is 189 Å². The molecular formula is C24H19ClFNO3S. The predicted octanol–water partition coefficient (Wildman–Crippen LogP) is 5.86. The number of thioether (sulfide) groups is 1. The van der Waals surface area contributed by atoms with Crippen molar-refractivity contribution in [3.05, 3.63) is 100 Å². The minimum atomic E-state index is -0.439. The molecule has 158 valence electrons. The van der Waals surface area contributed by atoms with Gasteiger partial charge in [0.25, 0.3) is 5.24 Å². The summed E-state index contributed by atoms with van der Waals surface area (Å²) in [5.41, 5.74) is 2.67. The largest absolute Gasteiger partial charge is 0.489 e. The second kappa shape index (κ2) is 9.54. The molecule has 1 heterocycles. The third-order valence-corrected chi connectivity index (χ3v) is 6.25. The number of benzene rings is 3. The molecule has 2 amide bonds. The third kappa shape index (κ3) is 5.46. The van der Waals surface area contributed by atoms with Gasteiger partial charge in [-0.05, 0) is 59.5 Å². The van der Waals surface area contributed by atoms with Crippen LogP contribution in [-0.2, 0) is 24.4 Å². The molecule has 3 aromatic rings. The van der Waals surface area contributed by atoms with Crippen LogP contribution in [0.4, 0.5) is 9.18 Å². The highest BCUT2D eigenvalue weighted by Gasteiger charge is 2.39. The van der Waals surface area contributed by atoms with Gasteiger partial charge in [0.15, 0.2) is 0 Å². The standard InChI is InChI=1S/C24H19ClFNO3S/c25-19-7-1-17(2-8-19)14-27-23(28)22(31-24(27)29)13-16-5-11-21(12-6-16)30-15-18-3-9-20(26)10-4-18/h1-12,22H,13-15H2/t22-/m1/s1. The van der Waals surface area contributed by atoms with Crippen LogP contribution in [0.1, 0.15) is 16.7 Å². The minimum absolute atomic E-state index is 0.179. The Kier molecular flexibility index (Phi) is 6.59. The van der Waals surface area contributed by atoms with E-state index in [1.807, 2.05) is 36.4 Å². The van der Waals surface area contributed by atoms with E-state index in [1.165, 1.54) is 17.0 Å². The van der Waals surface area contributed by atoms with Gasteiger partial charge in [-0.15, -0.1) is 0 Å². The Morgan fingerprint density at radius 2 is 1.48 bits per heavy atom. The smallest absolute Gasteiger partial charge is 0.289 e. The van der Waals surface area contributed by atoms with E-state index in [0.717, 1.165) is 28.5 Å². The maximum absolute atomic E-state index is 13.0. The molecule has 4 nitrogen and oxygen atoms in total. The van der Waals surface area contributed by atoms with E-state index in [9.17, 15) is 14.0 Å². The second-order valence-corrected chi connectivity index (χ2v) is 8.78. The van der Waals surface area contributed by atoms with Crippen LogP contribution in [-0.4, -0.2) is 21.3 Å². The van der Waals surface area contributed by atoms with Gasteiger partial charge in [0.1, 0.15) is 18.2 Å². The van der Waals surface area contributed by atoms with Crippen molar-refractivity contribution in [2.75, 3.05) is 0 Å². The molecule has 0 unspecified atom stereocenters. The van der Waals surface area contributed by atoms with Crippen LogP contribution >= 0.6 is 23.4 Å². The first-order chi connectivity index (χ1) is 15.0. The van der Waals surface area contributed by atoms with Crippen LogP contribution in [0.3, 0.4) is 0 Å². The molecule has 0 spiro atoms. The van der Waals surface area contributed by atoms with Crippen molar-refractivity contribution < 1.29 is 18.7 Å². The summed E-state index contributed by atoms with van der Waals surface area (Å²) in [5.74, 6) is 0.221. The summed E-state index contributed by atoms with van der Waals surface area (Å²) < 4.78 is 18.7. The zero-order valence-electron chi connectivity index (χ0n) is 16.5. The summed E-state index contributed by atoms with van der Waals surface area (Å²) >= 11 is 6.95. The van der Waals surface area contributed by atoms with Crippen LogP contribution in [0.5, 0.6) is 5.75 Å². The molecule has 1 saturated heterocycles. The highest BCUT2D eigenvalue weighted by molar-refractivity contribution is 8.15. The van der Waals surface area contributed by atoms with Gasteiger partial charge in [0.05, 0.1) is 11.8 Å². The zero-order chi connectivity index (χ0) is 21.8. The number of carbonyl (C=O) groups is 2. The average molecular weight is 456 g/mol. The fourth-order valence-electron chi connectivity index (χ4n) is 3.23. The average Bonchev–Trinajstić information content (AvgIpc) is 3.03. The molecule has 3 aromatic carbocycles. The second-order valence-electron chi connectivity index (χ2n) is 7.19. The number of hydrogen-bond acceptors (Lipinski definition) is 4. The number of imide groups is 1. The van der Waals surface area contributed by atoms with Gasteiger partial charge < -0.3 is 4.74 Å². The van der Waals surface area contributed by atoms with E-state index in [1.54, 1.807) is 24.3 Å². The lowest BCUT2D eigenvalue weighted by Crippen LogP contribution is -2.31. The molecule has 0 radical (unpaired) electrons. The molecule has 31 heavy (non-hydrogen) atoms. The molecule has 1 aliphatic heterocycles. The molecule has 1 aliphatic rings. The lowest BCUT2D eigenvalue weighted by Gasteiger charge is -2.14. The first-order valence-corrected chi connectivity index (χ1v) is 11.0. The van der Waals surface area contributed by atoms with E-state index in [-0.39, 0.29) is 23.5 Å². The van der Waals surface area contributed by atoms with Crippen molar-refractivity contribution in [3.8, 4) is 5.75 Å². The minimum Gasteiger partial charge on any atom is -0.489 e. The number of rotatable bonds is 7. The molecule has 0 aliphatic carbocycles. The van der Waals surface area contributed by atoms with Crippen LogP contribution < -0.4 is 4.74 Å². The first kappa shape index (κ1) is 21.4. The number of ether oxygens (including phenoxy) is 1. The van der Waals surface area contributed by atoms with Crippen LogP contribution in [0.2, 0.25) is 5.02 Å². The van der Waals surface area contributed by atoms with E-state index < -0.39 is 5.25 Å². The van der Waals surface area contributed by atoms with Crippen molar-refractivity contribution in [2.45, 2.75) is 24.8 Å². The SMILES string of the molecule is O=C1S[C@H](Cc2ccc(OCc3ccc(F)cc3)cc2)C(=O)N1Cc1ccc(Cl)cc1. The predicted molar refractivity (Wildman–Crippen MR) is 120 cm³/mol. The quantitative estimate of drug-likeness (QED) is 0.447. The van der Waals surface area contributed by atoms with Crippen molar-refractivity contribution >= 4 is 34.5 Å². The fourth-order valence-corrected chi connectivity index (χ4v) is 4.38. The van der Waals surface area contributed by atoms with Crippen LogP contribution in [0, 0.1) is 5.82 Å². The molecule has 0 aromatic heterocycles. The highest BCUT2D eigenvalue weighted by Crippen LogP contribution is 2.31. The maximum Gasteiger partial charge on any atom is 0.289 e. The number of carbonyl (C=O) groups excluding carboxylic acids is 2. The van der Waals surface area contributed by atoms with E-state index in [2.05, 4.69) is 0 Å². The van der Waals surface area contributed by atoms with Crippen LogP contribution in [0.25, 0.3) is 0 Å². The summed E-state index contributed by atoms with van der Waals surface area (Å²) in [6.07, 6.45) is 0.463. The van der Waals surface area contributed by atoms with Gasteiger partial charge in [-0.2, -0.15) is 0 Å². The van der Waals surface area contributed by atoms with Crippen molar-refractivity contribution in [1.82, 2.24) is 4.90 Å². The lowest BCUT2D eigenvalue weighted by atomic mass is 10.1. The van der Waals surface area contributed by atoms with Gasteiger partial charge in [-0.3, -0.25) is 14.5 Å². The molecule has 0 N–H and O–H groups in total. The molecule has 0 saturated carbocycles. The number of amides is 2. The van der Waals surface area contributed by atoms with Crippen molar-refractivity contribution in [1.29, 1.82) is 0 Å². The summed E-state index contributed by atoms with van der Waals surface area (Å²) in [4.78, 5) is 26.4. The lowest BCUT2D eigenvalue weighted by molar-refractivity contribution is -0.127. The zero-order valence-corrected chi connectivity index (χ0v) is 18.0. The molecule has 0 bridgehead atoms. The van der Waals surface area contributed by atoms with Crippen molar-refractivity contribution in [3.63, 3.8) is 0 Å². The van der Waals surface area contributed by atoms with E-state index >= 15 is 0 Å². The van der Waals surface area contributed by atoms with Gasteiger partial charge in [0.2, 0.25) is 5.91 Å². The molecular weight excluding hydrogens is 437 g/mol. The Hall–Kier alpha value is -2.83. The Balaban J connectivity index is 1.33. The summed E-state index contributed by atoms with van der Waals surface area (Å²) in [6, 6.07) is 20.7. The molecule has 1 atom stereocenters. The highest BCUT2D eigenvalue weighted by atomic mass is 35.5. The van der Waals surface area contributed by atoms with E-state index in [0.29, 0.717) is 23.8 Å². The van der Waals surface area contributed by atoms with Gasteiger partial charge in [-0.25, -0.2) is 4.39 Å². The first-order valence-electron chi connectivity index (χ1n) is 9.70. The summed E-state index contributed by atoms with van der Waals surface area (Å²) in [6.45, 7) is 0.583.